The standard InChI is InChI=1S/C18H14F3N3O3/c1-2-26-18(25)17-16(22-24-23-17)11-5-3-10(4-6-11)9-27-13-8-7-12(19)14(20)15(13)21/h3-8H,2,9H2,1H3,(H,22,23,24). The second kappa shape index (κ2) is 7.90. The van der Waals surface area contributed by atoms with E-state index in [1.165, 1.54) is 0 Å². The lowest BCUT2D eigenvalue weighted by Crippen LogP contribution is -2.06. The van der Waals surface area contributed by atoms with Gasteiger partial charge in [-0.05, 0) is 24.6 Å². The highest BCUT2D eigenvalue weighted by atomic mass is 19.2. The van der Waals surface area contributed by atoms with E-state index in [4.69, 9.17) is 9.47 Å². The van der Waals surface area contributed by atoms with Gasteiger partial charge in [0.05, 0.1) is 6.61 Å². The van der Waals surface area contributed by atoms with Crippen molar-refractivity contribution in [3.63, 3.8) is 0 Å². The number of hydrogen-bond donors (Lipinski definition) is 1. The highest BCUT2D eigenvalue weighted by molar-refractivity contribution is 5.93. The first kappa shape index (κ1) is 18.4. The SMILES string of the molecule is CCOC(=O)c1n[nH]nc1-c1ccc(COc2ccc(F)c(F)c2F)cc1. The van der Waals surface area contributed by atoms with Crippen LogP contribution in [0.4, 0.5) is 13.2 Å². The number of H-pyrrole nitrogens is 1. The number of nitrogens with zero attached hydrogens (tertiary/aromatic N) is 2. The molecule has 0 amide bonds. The smallest absolute Gasteiger partial charge is 0.361 e. The summed E-state index contributed by atoms with van der Waals surface area (Å²) in [5, 5.41) is 10.1. The Balaban J connectivity index is 1.73. The second-order valence-electron chi connectivity index (χ2n) is 5.40. The molecule has 3 aromatic rings. The monoisotopic (exact) mass is 377 g/mol. The van der Waals surface area contributed by atoms with Crippen LogP contribution in [-0.2, 0) is 11.3 Å². The minimum Gasteiger partial charge on any atom is -0.486 e. The molecule has 140 valence electrons. The summed E-state index contributed by atoms with van der Waals surface area (Å²) < 4.78 is 49.8. The van der Waals surface area contributed by atoms with Crippen molar-refractivity contribution in [1.29, 1.82) is 0 Å². The van der Waals surface area contributed by atoms with Crippen LogP contribution in [0, 0.1) is 17.5 Å². The van der Waals surface area contributed by atoms with E-state index in [-0.39, 0.29) is 24.7 Å². The molecular weight excluding hydrogens is 363 g/mol. The van der Waals surface area contributed by atoms with Crippen LogP contribution in [0.5, 0.6) is 5.75 Å². The van der Waals surface area contributed by atoms with Gasteiger partial charge >= 0.3 is 5.97 Å². The zero-order valence-electron chi connectivity index (χ0n) is 14.1. The number of ether oxygens (including phenoxy) is 2. The maximum Gasteiger partial charge on any atom is 0.361 e. The number of aromatic amines is 1. The first-order valence-corrected chi connectivity index (χ1v) is 7.94. The molecule has 0 aliphatic carbocycles. The number of hydrogen-bond acceptors (Lipinski definition) is 5. The number of halogens is 3. The summed E-state index contributed by atoms with van der Waals surface area (Å²) in [6.45, 7) is 1.83. The Morgan fingerprint density at radius 2 is 1.78 bits per heavy atom. The lowest BCUT2D eigenvalue weighted by molar-refractivity contribution is 0.0520. The highest BCUT2D eigenvalue weighted by Crippen LogP contribution is 2.24. The molecule has 6 nitrogen and oxygen atoms in total. The van der Waals surface area contributed by atoms with E-state index in [0.717, 1.165) is 12.1 Å². The fourth-order valence-electron chi connectivity index (χ4n) is 2.31. The predicted octanol–water partition coefficient (Wildman–Crippen LogP) is 3.64. The molecule has 0 bridgehead atoms. The van der Waals surface area contributed by atoms with Gasteiger partial charge in [-0.1, -0.05) is 24.3 Å². The Hall–Kier alpha value is -3.36. The molecule has 0 spiro atoms. The Morgan fingerprint density at radius 1 is 1.04 bits per heavy atom. The fourth-order valence-corrected chi connectivity index (χ4v) is 2.31. The minimum atomic E-state index is -1.58. The summed E-state index contributed by atoms with van der Waals surface area (Å²) in [5.41, 5.74) is 1.64. The number of rotatable bonds is 6. The van der Waals surface area contributed by atoms with Crippen LogP contribution in [-0.4, -0.2) is 28.0 Å². The van der Waals surface area contributed by atoms with Gasteiger partial charge in [-0.25, -0.2) is 13.6 Å². The van der Waals surface area contributed by atoms with Crippen molar-refractivity contribution in [2.75, 3.05) is 6.61 Å². The topological polar surface area (TPSA) is 77.1 Å². The van der Waals surface area contributed by atoms with Crippen molar-refractivity contribution in [1.82, 2.24) is 15.4 Å². The van der Waals surface area contributed by atoms with Gasteiger partial charge in [-0.15, -0.1) is 5.10 Å². The van der Waals surface area contributed by atoms with Crippen molar-refractivity contribution in [2.45, 2.75) is 13.5 Å². The number of benzene rings is 2. The van der Waals surface area contributed by atoms with Crippen LogP contribution in [0.1, 0.15) is 23.0 Å². The molecule has 27 heavy (non-hydrogen) atoms. The average molecular weight is 377 g/mol. The molecule has 2 aromatic carbocycles. The van der Waals surface area contributed by atoms with Gasteiger partial charge < -0.3 is 9.47 Å². The molecule has 1 aromatic heterocycles. The summed E-state index contributed by atoms with van der Waals surface area (Å²) in [4.78, 5) is 11.9. The quantitative estimate of drug-likeness (QED) is 0.524. The molecule has 0 unspecified atom stereocenters. The van der Waals surface area contributed by atoms with Crippen molar-refractivity contribution in [3.05, 3.63) is 65.1 Å². The number of nitrogens with one attached hydrogen (secondary N) is 1. The van der Waals surface area contributed by atoms with E-state index < -0.39 is 23.4 Å². The van der Waals surface area contributed by atoms with Gasteiger partial charge in [0.15, 0.2) is 23.1 Å². The molecule has 0 saturated heterocycles. The molecule has 0 atom stereocenters. The number of carbonyl (C=O) groups is 1. The number of aromatic nitrogens is 3. The lowest BCUT2D eigenvalue weighted by atomic mass is 10.1. The molecular formula is C18H14F3N3O3. The molecule has 0 saturated carbocycles. The largest absolute Gasteiger partial charge is 0.486 e. The molecule has 0 aliphatic rings. The number of esters is 1. The maximum atomic E-state index is 13.6. The first-order chi connectivity index (χ1) is 13.0. The molecule has 1 N–H and O–H groups in total. The van der Waals surface area contributed by atoms with Gasteiger partial charge in [-0.3, -0.25) is 0 Å². The Labute approximate surface area is 151 Å². The van der Waals surface area contributed by atoms with E-state index in [9.17, 15) is 18.0 Å². The van der Waals surface area contributed by atoms with E-state index in [1.54, 1.807) is 31.2 Å². The zero-order chi connectivity index (χ0) is 19.4. The molecule has 0 fully saturated rings. The molecule has 0 radical (unpaired) electrons. The van der Waals surface area contributed by atoms with E-state index in [2.05, 4.69) is 15.4 Å². The minimum absolute atomic E-state index is 0.0599. The van der Waals surface area contributed by atoms with Gasteiger partial charge in [0, 0.05) is 5.56 Å². The molecule has 9 heteroatoms. The third kappa shape index (κ3) is 3.91. The molecule has 3 rings (SSSR count). The van der Waals surface area contributed by atoms with E-state index >= 15 is 0 Å². The summed E-state index contributed by atoms with van der Waals surface area (Å²) >= 11 is 0. The van der Waals surface area contributed by atoms with Crippen LogP contribution in [0.2, 0.25) is 0 Å². The van der Waals surface area contributed by atoms with Crippen LogP contribution >= 0.6 is 0 Å². The van der Waals surface area contributed by atoms with Crippen LogP contribution in [0.15, 0.2) is 36.4 Å². The van der Waals surface area contributed by atoms with Crippen molar-refractivity contribution < 1.29 is 27.4 Å². The Morgan fingerprint density at radius 3 is 2.48 bits per heavy atom. The van der Waals surface area contributed by atoms with Gasteiger partial charge in [0.25, 0.3) is 0 Å². The lowest BCUT2D eigenvalue weighted by Gasteiger charge is -2.08. The van der Waals surface area contributed by atoms with Crippen molar-refractivity contribution in [2.24, 2.45) is 0 Å². The number of carbonyl (C=O) groups excluding carboxylic acids is 1. The predicted molar refractivity (Wildman–Crippen MR) is 88.4 cm³/mol. The summed E-state index contributed by atoms with van der Waals surface area (Å²) in [5.74, 6) is -5.23. The first-order valence-electron chi connectivity index (χ1n) is 7.94. The average Bonchev–Trinajstić information content (AvgIpc) is 3.16. The zero-order valence-corrected chi connectivity index (χ0v) is 14.1. The van der Waals surface area contributed by atoms with Gasteiger partial charge in [-0.2, -0.15) is 14.7 Å². The van der Waals surface area contributed by atoms with E-state index in [0.29, 0.717) is 16.8 Å². The van der Waals surface area contributed by atoms with Crippen molar-refractivity contribution >= 4 is 5.97 Å². The third-order valence-corrected chi connectivity index (χ3v) is 3.64. The molecule has 0 aliphatic heterocycles. The summed E-state index contributed by atoms with van der Waals surface area (Å²) in [7, 11) is 0. The summed E-state index contributed by atoms with van der Waals surface area (Å²) in [6, 6.07) is 8.47. The van der Waals surface area contributed by atoms with Crippen LogP contribution < -0.4 is 4.74 Å². The van der Waals surface area contributed by atoms with Crippen LogP contribution in [0.25, 0.3) is 11.3 Å². The van der Waals surface area contributed by atoms with E-state index in [1.807, 2.05) is 0 Å². The van der Waals surface area contributed by atoms with Crippen LogP contribution in [0.3, 0.4) is 0 Å². The fraction of sp³-hybridized carbons (Fsp3) is 0.167. The maximum absolute atomic E-state index is 13.6. The second-order valence-corrected chi connectivity index (χ2v) is 5.40. The molecule has 1 heterocycles. The Bertz CT molecular complexity index is 958. The van der Waals surface area contributed by atoms with Gasteiger partial charge in [0.1, 0.15) is 12.3 Å². The van der Waals surface area contributed by atoms with Crippen molar-refractivity contribution in [3.8, 4) is 17.0 Å². The highest BCUT2D eigenvalue weighted by Gasteiger charge is 2.19. The van der Waals surface area contributed by atoms with Gasteiger partial charge in [0.2, 0.25) is 5.82 Å². The summed E-state index contributed by atoms with van der Waals surface area (Å²) in [6.07, 6.45) is 0. The third-order valence-electron chi connectivity index (χ3n) is 3.64. The normalized spacial score (nSPS) is 10.7. The Kier molecular flexibility index (Phi) is 5.39.